The number of ether oxygens (including phenoxy) is 2. The Kier molecular flexibility index (Phi) is 6.35. The number of nitrogens with zero attached hydrogens (tertiary/aromatic N) is 2. The van der Waals surface area contributed by atoms with E-state index in [9.17, 15) is 9.59 Å². The first-order valence-corrected chi connectivity index (χ1v) is 12.2. The fraction of sp³-hybridized carbons (Fsp3) is 0.481. The zero-order chi connectivity index (χ0) is 23.7. The van der Waals surface area contributed by atoms with E-state index in [1.165, 1.54) is 11.1 Å². The van der Waals surface area contributed by atoms with Crippen LogP contribution >= 0.6 is 0 Å². The Hall–Kier alpha value is -3.22. The van der Waals surface area contributed by atoms with Gasteiger partial charge in [-0.2, -0.15) is 0 Å². The van der Waals surface area contributed by atoms with Gasteiger partial charge in [-0.15, -0.1) is 0 Å². The van der Waals surface area contributed by atoms with Gasteiger partial charge in [0.2, 0.25) is 5.91 Å². The van der Waals surface area contributed by atoms with E-state index in [0.717, 1.165) is 37.7 Å². The molecule has 7 heteroatoms. The van der Waals surface area contributed by atoms with Crippen LogP contribution in [0.1, 0.15) is 42.0 Å². The van der Waals surface area contributed by atoms with E-state index < -0.39 is 0 Å². The Morgan fingerprint density at radius 2 is 1.85 bits per heavy atom. The van der Waals surface area contributed by atoms with Crippen molar-refractivity contribution < 1.29 is 19.1 Å². The van der Waals surface area contributed by atoms with Crippen LogP contribution in [0.4, 0.5) is 4.79 Å². The maximum atomic E-state index is 13.6. The topological polar surface area (TPSA) is 71.1 Å². The average Bonchev–Trinajstić information content (AvgIpc) is 2.88. The molecular formula is C27H33N3O4. The summed E-state index contributed by atoms with van der Waals surface area (Å²) >= 11 is 0. The van der Waals surface area contributed by atoms with Crippen molar-refractivity contribution in [3.05, 3.63) is 59.2 Å². The molecule has 3 aliphatic rings. The average molecular weight is 464 g/mol. The van der Waals surface area contributed by atoms with Crippen molar-refractivity contribution in [1.29, 1.82) is 0 Å². The Morgan fingerprint density at radius 1 is 1.09 bits per heavy atom. The van der Waals surface area contributed by atoms with Crippen LogP contribution in [0.15, 0.2) is 42.5 Å². The molecule has 0 saturated carbocycles. The molecule has 2 saturated heterocycles. The molecule has 0 unspecified atom stereocenters. The lowest BCUT2D eigenvalue weighted by Crippen LogP contribution is -2.61. The minimum absolute atomic E-state index is 0.0463. The summed E-state index contributed by atoms with van der Waals surface area (Å²) in [6.07, 6.45) is 4.06. The molecule has 3 aliphatic heterocycles. The number of fused-ring (bicyclic) bond motifs is 4. The van der Waals surface area contributed by atoms with Crippen molar-refractivity contribution >= 4 is 11.9 Å². The zero-order valence-corrected chi connectivity index (χ0v) is 20.0. The smallest absolute Gasteiger partial charge is 0.317 e. The van der Waals surface area contributed by atoms with Gasteiger partial charge in [0.05, 0.1) is 26.2 Å². The molecular weight excluding hydrogens is 430 g/mol. The number of methoxy groups -OCH3 is 2. The standard InChI is InChI=1S/C27H33N3O4/c1-33-24-15-19-11-14-29-23(21(19)16-25(24)34-2)17-22-20(26(29)31)9-6-13-30(22)27(32)28-12-10-18-7-4-3-5-8-18/h3-5,7-8,15-16,20,22-23H,6,9-14,17H2,1-2H3,(H,28,32)/t20-,22-,23+/m1/s1. The summed E-state index contributed by atoms with van der Waals surface area (Å²) in [5, 5.41) is 3.10. The molecule has 0 radical (unpaired) electrons. The number of nitrogens with one attached hydrogen (secondary N) is 1. The minimum Gasteiger partial charge on any atom is -0.493 e. The summed E-state index contributed by atoms with van der Waals surface area (Å²) < 4.78 is 11.0. The van der Waals surface area contributed by atoms with E-state index in [1.807, 2.05) is 40.1 Å². The first-order chi connectivity index (χ1) is 16.6. The number of urea groups is 1. The first-order valence-electron chi connectivity index (χ1n) is 12.2. The van der Waals surface area contributed by atoms with Gasteiger partial charge in [0.25, 0.3) is 0 Å². The molecule has 2 fully saturated rings. The number of carbonyl (C=O) groups excluding carboxylic acids is 2. The Bertz CT molecular complexity index is 1060. The van der Waals surface area contributed by atoms with Crippen molar-refractivity contribution in [2.75, 3.05) is 33.9 Å². The summed E-state index contributed by atoms with van der Waals surface area (Å²) in [6, 6.07) is 14.0. The molecule has 3 heterocycles. The number of amides is 3. The van der Waals surface area contributed by atoms with Crippen molar-refractivity contribution in [2.24, 2.45) is 5.92 Å². The van der Waals surface area contributed by atoms with Gasteiger partial charge in [-0.3, -0.25) is 4.79 Å². The molecule has 3 amide bonds. The van der Waals surface area contributed by atoms with Crippen molar-refractivity contribution in [3.63, 3.8) is 0 Å². The second kappa shape index (κ2) is 9.57. The van der Waals surface area contributed by atoms with Crippen LogP contribution in [-0.4, -0.2) is 61.6 Å². The second-order valence-corrected chi connectivity index (χ2v) is 9.42. The number of hydrogen-bond donors (Lipinski definition) is 1. The van der Waals surface area contributed by atoms with Gasteiger partial charge in [0, 0.05) is 25.7 Å². The van der Waals surface area contributed by atoms with Crippen LogP contribution in [0.25, 0.3) is 0 Å². The molecule has 34 heavy (non-hydrogen) atoms. The lowest BCUT2D eigenvalue weighted by Gasteiger charge is -2.51. The summed E-state index contributed by atoms with van der Waals surface area (Å²) in [5.41, 5.74) is 3.51. The van der Waals surface area contributed by atoms with E-state index >= 15 is 0 Å². The summed E-state index contributed by atoms with van der Waals surface area (Å²) in [6.45, 7) is 1.98. The van der Waals surface area contributed by atoms with Crippen LogP contribution in [0, 0.1) is 5.92 Å². The molecule has 2 aromatic carbocycles. The normalized spacial score (nSPS) is 23.5. The third kappa shape index (κ3) is 4.08. The summed E-state index contributed by atoms with van der Waals surface area (Å²) in [5.74, 6) is 1.46. The number of piperidine rings is 2. The number of rotatable bonds is 5. The lowest BCUT2D eigenvalue weighted by molar-refractivity contribution is -0.148. The van der Waals surface area contributed by atoms with Gasteiger partial charge in [-0.1, -0.05) is 30.3 Å². The first kappa shape index (κ1) is 22.6. The van der Waals surface area contributed by atoms with Crippen LogP contribution in [0.2, 0.25) is 0 Å². The molecule has 0 aliphatic carbocycles. The highest BCUT2D eigenvalue weighted by Gasteiger charge is 2.48. The Balaban J connectivity index is 1.35. The highest BCUT2D eigenvalue weighted by atomic mass is 16.5. The van der Waals surface area contributed by atoms with E-state index in [1.54, 1.807) is 14.2 Å². The van der Waals surface area contributed by atoms with Crippen molar-refractivity contribution in [1.82, 2.24) is 15.1 Å². The van der Waals surface area contributed by atoms with Crippen LogP contribution in [0.5, 0.6) is 11.5 Å². The van der Waals surface area contributed by atoms with E-state index in [4.69, 9.17) is 9.47 Å². The second-order valence-electron chi connectivity index (χ2n) is 9.42. The fourth-order valence-electron chi connectivity index (χ4n) is 5.94. The van der Waals surface area contributed by atoms with E-state index in [2.05, 4.69) is 17.4 Å². The maximum Gasteiger partial charge on any atom is 0.317 e. The molecule has 3 atom stereocenters. The molecule has 0 aromatic heterocycles. The summed E-state index contributed by atoms with van der Waals surface area (Å²) in [7, 11) is 3.28. The van der Waals surface area contributed by atoms with Gasteiger partial charge in [-0.05, 0) is 60.9 Å². The number of likely N-dealkylation sites (tertiary alicyclic amines) is 1. The molecule has 0 spiro atoms. The van der Waals surface area contributed by atoms with Gasteiger partial charge >= 0.3 is 6.03 Å². The molecule has 0 bridgehead atoms. The Labute approximate surface area is 201 Å². The van der Waals surface area contributed by atoms with Crippen molar-refractivity contribution in [3.8, 4) is 11.5 Å². The summed E-state index contributed by atoms with van der Waals surface area (Å²) in [4.78, 5) is 30.7. The highest BCUT2D eigenvalue weighted by Crippen LogP contribution is 2.46. The lowest BCUT2D eigenvalue weighted by atomic mass is 9.76. The molecule has 2 aromatic rings. The highest BCUT2D eigenvalue weighted by molar-refractivity contribution is 5.83. The van der Waals surface area contributed by atoms with E-state index in [-0.39, 0.29) is 29.9 Å². The molecule has 1 N–H and O–H groups in total. The van der Waals surface area contributed by atoms with Gasteiger partial charge in [0.1, 0.15) is 0 Å². The third-order valence-corrected chi connectivity index (χ3v) is 7.64. The monoisotopic (exact) mass is 463 g/mol. The largest absolute Gasteiger partial charge is 0.493 e. The quantitative estimate of drug-likeness (QED) is 0.736. The van der Waals surface area contributed by atoms with Crippen LogP contribution in [0.3, 0.4) is 0 Å². The van der Waals surface area contributed by atoms with Gasteiger partial charge < -0.3 is 24.6 Å². The fourth-order valence-corrected chi connectivity index (χ4v) is 5.94. The van der Waals surface area contributed by atoms with Gasteiger partial charge in [0.15, 0.2) is 11.5 Å². The van der Waals surface area contributed by atoms with E-state index in [0.29, 0.717) is 31.1 Å². The molecule has 5 rings (SSSR count). The number of hydrogen-bond acceptors (Lipinski definition) is 4. The van der Waals surface area contributed by atoms with Gasteiger partial charge in [-0.25, -0.2) is 4.79 Å². The predicted molar refractivity (Wildman–Crippen MR) is 129 cm³/mol. The third-order valence-electron chi connectivity index (χ3n) is 7.64. The Morgan fingerprint density at radius 3 is 2.62 bits per heavy atom. The maximum absolute atomic E-state index is 13.6. The number of benzene rings is 2. The van der Waals surface area contributed by atoms with Crippen LogP contribution in [-0.2, 0) is 17.6 Å². The number of carbonyl (C=O) groups is 2. The predicted octanol–water partition coefficient (Wildman–Crippen LogP) is 3.57. The van der Waals surface area contributed by atoms with Crippen molar-refractivity contribution in [2.45, 2.75) is 44.2 Å². The minimum atomic E-state index is -0.119. The SMILES string of the molecule is COc1cc2c(cc1OC)[C@@H]1C[C@@H]3[C@@H](CCCN3C(=O)NCCc3ccccc3)C(=O)N1CC2. The zero-order valence-electron chi connectivity index (χ0n) is 20.0. The molecule has 180 valence electrons. The van der Waals surface area contributed by atoms with Crippen LogP contribution < -0.4 is 14.8 Å². The molecule has 7 nitrogen and oxygen atoms in total.